The molecular weight excluding hydrogens is 336 g/mol. The predicted molar refractivity (Wildman–Crippen MR) is 88.3 cm³/mol. The van der Waals surface area contributed by atoms with E-state index in [-0.39, 0.29) is 11.5 Å². The quantitative estimate of drug-likeness (QED) is 0.627. The summed E-state index contributed by atoms with van der Waals surface area (Å²) in [6, 6.07) is 3.70. The second-order valence-corrected chi connectivity index (χ2v) is 8.26. The summed E-state index contributed by atoms with van der Waals surface area (Å²) >= 11 is 0. The van der Waals surface area contributed by atoms with Gasteiger partial charge in [-0.1, -0.05) is 6.92 Å². The average Bonchev–Trinajstić information content (AvgIpc) is 2.50. The highest BCUT2D eigenvalue weighted by molar-refractivity contribution is 7.92. The van der Waals surface area contributed by atoms with Crippen LogP contribution >= 0.6 is 0 Å². The van der Waals surface area contributed by atoms with Gasteiger partial charge in [-0.05, 0) is 44.5 Å². The van der Waals surface area contributed by atoms with Crippen molar-refractivity contribution >= 4 is 27.6 Å². The minimum atomic E-state index is -4.07. The van der Waals surface area contributed by atoms with Gasteiger partial charge in [0.15, 0.2) is 9.84 Å². The summed E-state index contributed by atoms with van der Waals surface area (Å²) in [7, 11) is -4.07. The van der Waals surface area contributed by atoms with E-state index < -0.39 is 32.7 Å². The van der Waals surface area contributed by atoms with Crippen molar-refractivity contribution in [1.82, 2.24) is 5.32 Å². The Morgan fingerprint density at radius 2 is 1.83 bits per heavy atom. The molecule has 4 N–H and O–H groups in total. The second kappa shape index (κ2) is 7.52. The Morgan fingerprint density at radius 1 is 1.29 bits per heavy atom. The fourth-order valence-electron chi connectivity index (χ4n) is 1.99. The number of nitrogens with two attached hydrogens (primary N) is 1. The summed E-state index contributed by atoms with van der Waals surface area (Å²) in [5, 5.41) is 11.5. The first kappa shape index (κ1) is 19.8. The highest BCUT2D eigenvalue weighted by Crippen LogP contribution is 2.29. The van der Waals surface area contributed by atoms with Crippen LogP contribution in [0.2, 0.25) is 0 Å². The molecule has 1 aromatic carbocycles. The summed E-state index contributed by atoms with van der Waals surface area (Å²) in [5.74, 6) is -1.48. The maximum absolute atomic E-state index is 12.8. The minimum Gasteiger partial charge on any atom is -0.480 e. The number of hydrogen-bond acceptors (Lipinski definition) is 6. The Kier molecular flexibility index (Phi) is 6.19. The van der Waals surface area contributed by atoms with Gasteiger partial charge in [0.25, 0.3) is 0 Å². The minimum absolute atomic E-state index is 0.0864. The zero-order valence-electron chi connectivity index (χ0n) is 13.8. The van der Waals surface area contributed by atoms with E-state index in [1.807, 2.05) is 0 Å². The Balaban J connectivity index is 3.17. The van der Waals surface area contributed by atoms with E-state index in [2.05, 4.69) is 5.32 Å². The molecule has 0 unspecified atom stereocenters. The van der Waals surface area contributed by atoms with Crippen molar-refractivity contribution in [3.63, 3.8) is 0 Å². The molecule has 0 aliphatic carbocycles. The second-order valence-electron chi connectivity index (χ2n) is 5.73. The average molecular weight is 358 g/mol. The number of carboxylic acid groups (broad SMARTS) is 1. The molecule has 0 aliphatic heterocycles. The third-order valence-corrected chi connectivity index (χ3v) is 6.04. The molecule has 1 amide bonds. The molecule has 1 atom stereocenters. The summed E-state index contributed by atoms with van der Waals surface area (Å²) < 4.78 is 28.6. The van der Waals surface area contributed by atoms with Crippen molar-refractivity contribution in [1.29, 1.82) is 0 Å². The molecule has 0 fully saturated rings. The van der Waals surface area contributed by atoms with Gasteiger partial charge in [-0.3, -0.25) is 0 Å². The van der Waals surface area contributed by atoms with Crippen LogP contribution in [0.25, 0.3) is 0 Å². The van der Waals surface area contributed by atoms with Crippen LogP contribution in [-0.2, 0) is 19.4 Å². The fraction of sp³-hybridized carbons (Fsp3) is 0.467. The molecule has 24 heavy (non-hydrogen) atoms. The van der Waals surface area contributed by atoms with E-state index in [1.165, 1.54) is 38.1 Å². The molecule has 1 rings (SSSR count). The number of alkyl carbamates (subject to hydrolysis) is 1. The summed E-state index contributed by atoms with van der Waals surface area (Å²) in [6.07, 6.45) is -0.428. The van der Waals surface area contributed by atoms with Gasteiger partial charge in [-0.15, -0.1) is 0 Å². The van der Waals surface area contributed by atoms with E-state index in [9.17, 15) is 23.1 Å². The van der Waals surface area contributed by atoms with Gasteiger partial charge in [0.1, 0.15) is 10.8 Å². The summed E-state index contributed by atoms with van der Waals surface area (Å²) in [4.78, 5) is 23.1. The first-order chi connectivity index (χ1) is 11.0. The van der Waals surface area contributed by atoms with Crippen LogP contribution in [0, 0.1) is 0 Å². The van der Waals surface area contributed by atoms with Crippen molar-refractivity contribution in [3.05, 3.63) is 24.3 Å². The standard InChI is InChI=1S/C15H22N2O6S/c1-4-9-23-14(20)17-12(13(18)19)15(2,3)24(21,22)11-7-5-10(16)6-8-11/h5-8,12H,4,9,16H2,1-3H3,(H,17,20)(H,18,19)/t12-/m0/s1. The number of amides is 1. The topological polar surface area (TPSA) is 136 Å². The van der Waals surface area contributed by atoms with E-state index in [0.717, 1.165) is 0 Å². The molecule has 0 heterocycles. The molecule has 0 aromatic heterocycles. The molecule has 0 saturated heterocycles. The number of hydrogen-bond donors (Lipinski definition) is 3. The number of rotatable bonds is 7. The van der Waals surface area contributed by atoms with E-state index in [1.54, 1.807) is 6.92 Å². The highest BCUT2D eigenvalue weighted by Gasteiger charge is 2.47. The summed E-state index contributed by atoms with van der Waals surface area (Å²) in [6.45, 7) is 4.34. The van der Waals surface area contributed by atoms with Crippen LogP contribution in [0.1, 0.15) is 27.2 Å². The largest absolute Gasteiger partial charge is 0.480 e. The molecule has 134 valence electrons. The number of carbonyl (C=O) groups is 2. The molecule has 0 bridgehead atoms. The zero-order chi connectivity index (χ0) is 18.5. The lowest BCUT2D eigenvalue weighted by atomic mass is 10.0. The van der Waals surface area contributed by atoms with Gasteiger partial charge < -0.3 is 20.9 Å². The normalized spacial score (nSPS) is 13.1. The number of anilines is 1. The van der Waals surface area contributed by atoms with Crippen molar-refractivity contribution < 1.29 is 27.9 Å². The van der Waals surface area contributed by atoms with Gasteiger partial charge in [0.2, 0.25) is 0 Å². The third kappa shape index (κ3) is 4.16. The number of ether oxygens (including phenoxy) is 1. The van der Waals surface area contributed by atoms with Gasteiger partial charge in [-0.2, -0.15) is 0 Å². The number of aliphatic carboxylic acids is 1. The van der Waals surface area contributed by atoms with E-state index in [0.29, 0.717) is 12.1 Å². The lowest BCUT2D eigenvalue weighted by molar-refractivity contribution is -0.140. The molecular formula is C15H22N2O6S. The first-order valence-corrected chi connectivity index (χ1v) is 8.78. The Morgan fingerprint density at radius 3 is 2.29 bits per heavy atom. The van der Waals surface area contributed by atoms with Crippen LogP contribution in [0.4, 0.5) is 10.5 Å². The number of carboxylic acids is 1. The van der Waals surface area contributed by atoms with Gasteiger partial charge >= 0.3 is 12.1 Å². The van der Waals surface area contributed by atoms with Gasteiger partial charge in [0.05, 0.1) is 11.5 Å². The Bertz CT molecular complexity index is 697. The van der Waals surface area contributed by atoms with Crippen molar-refractivity contribution in [2.75, 3.05) is 12.3 Å². The number of carbonyl (C=O) groups excluding carboxylic acids is 1. The highest BCUT2D eigenvalue weighted by atomic mass is 32.2. The number of benzene rings is 1. The van der Waals surface area contributed by atoms with E-state index >= 15 is 0 Å². The number of sulfone groups is 1. The van der Waals surface area contributed by atoms with Crippen molar-refractivity contribution in [3.8, 4) is 0 Å². The molecule has 0 aliphatic rings. The van der Waals surface area contributed by atoms with Crippen LogP contribution in [-0.4, -0.2) is 43.0 Å². The molecule has 9 heteroatoms. The molecule has 0 radical (unpaired) electrons. The Hall–Kier alpha value is -2.29. The lowest BCUT2D eigenvalue weighted by Crippen LogP contribution is -2.57. The van der Waals surface area contributed by atoms with Crippen LogP contribution < -0.4 is 11.1 Å². The molecule has 1 aromatic rings. The van der Waals surface area contributed by atoms with E-state index in [4.69, 9.17) is 10.5 Å². The lowest BCUT2D eigenvalue weighted by Gasteiger charge is -2.31. The maximum Gasteiger partial charge on any atom is 0.407 e. The fourth-order valence-corrected chi connectivity index (χ4v) is 3.56. The third-order valence-electron chi connectivity index (χ3n) is 3.52. The van der Waals surface area contributed by atoms with Crippen LogP contribution in [0.3, 0.4) is 0 Å². The molecule has 0 spiro atoms. The number of nitrogen functional groups attached to an aromatic ring is 1. The molecule has 0 saturated carbocycles. The van der Waals surface area contributed by atoms with Crippen molar-refractivity contribution in [2.45, 2.75) is 42.9 Å². The SMILES string of the molecule is CCCOC(=O)N[C@@H](C(=O)O)C(C)(C)S(=O)(=O)c1ccc(N)cc1. The monoisotopic (exact) mass is 358 g/mol. The maximum atomic E-state index is 12.8. The van der Waals surface area contributed by atoms with Crippen LogP contribution in [0.15, 0.2) is 29.2 Å². The van der Waals surface area contributed by atoms with Gasteiger partial charge in [0, 0.05) is 5.69 Å². The summed E-state index contributed by atoms with van der Waals surface area (Å²) in [5.41, 5.74) is 5.91. The predicted octanol–water partition coefficient (Wildman–Crippen LogP) is 1.41. The van der Waals surface area contributed by atoms with Crippen LogP contribution in [0.5, 0.6) is 0 Å². The molecule has 8 nitrogen and oxygen atoms in total. The van der Waals surface area contributed by atoms with Gasteiger partial charge in [-0.25, -0.2) is 18.0 Å². The smallest absolute Gasteiger partial charge is 0.407 e. The Labute approximate surface area is 140 Å². The first-order valence-electron chi connectivity index (χ1n) is 7.30. The van der Waals surface area contributed by atoms with Crippen molar-refractivity contribution in [2.24, 2.45) is 0 Å². The number of nitrogens with one attached hydrogen (secondary N) is 1. The zero-order valence-corrected chi connectivity index (χ0v) is 14.6.